The molecule has 5 nitrogen and oxygen atoms in total. The summed E-state index contributed by atoms with van der Waals surface area (Å²) >= 11 is 6.14. The SMILES string of the molecule is Cc1ccc2c(c1)c1c3n2CC[NH+](CC(=O)N/N=C\c2ccccc2Cl)[C@H]3CCC1. The van der Waals surface area contributed by atoms with Crippen LogP contribution in [0.5, 0.6) is 0 Å². The Morgan fingerprint density at radius 3 is 3.07 bits per heavy atom. The van der Waals surface area contributed by atoms with Gasteiger partial charge in [0.05, 0.1) is 25.0 Å². The number of nitrogens with one attached hydrogen (secondary N) is 2. The smallest absolute Gasteiger partial charge is 0.295 e. The summed E-state index contributed by atoms with van der Waals surface area (Å²) in [5.41, 5.74) is 9.09. The lowest BCUT2D eigenvalue weighted by atomic mass is 9.89. The monoisotopic (exact) mass is 421 g/mol. The Labute approximate surface area is 181 Å². The molecule has 0 saturated carbocycles. The summed E-state index contributed by atoms with van der Waals surface area (Å²) in [7, 11) is 0. The van der Waals surface area contributed by atoms with Gasteiger partial charge in [-0.1, -0.05) is 41.4 Å². The fraction of sp³-hybridized carbons (Fsp3) is 0.333. The number of halogens is 1. The van der Waals surface area contributed by atoms with Gasteiger partial charge in [0.25, 0.3) is 5.91 Å². The highest BCUT2D eigenvalue weighted by Crippen LogP contribution is 2.37. The van der Waals surface area contributed by atoms with Gasteiger partial charge in [-0.15, -0.1) is 0 Å². The average Bonchev–Trinajstić information content (AvgIpc) is 3.06. The number of hydrogen-bond donors (Lipinski definition) is 2. The standard InChI is InChI=1S/C24H25ClN4O/c1-16-9-10-21-19(13-16)18-6-4-8-22-24(18)29(21)12-11-28(22)15-23(30)27-26-14-17-5-2-3-7-20(17)25/h2-3,5,7,9-10,13-14,22H,4,6,8,11-12,15H2,1H3,(H,27,30)/p+1/b26-14-/t22-/m0/s1. The number of benzene rings is 2. The van der Waals surface area contributed by atoms with Crippen LogP contribution in [0.4, 0.5) is 0 Å². The molecule has 30 heavy (non-hydrogen) atoms. The van der Waals surface area contributed by atoms with Crippen LogP contribution in [0.3, 0.4) is 0 Å². The maximum absolute atomic E-state index is 12.6. The van der Waals surface area contributed by atoms with Crippen LogP contribution >= 0.6 is 11.6 Å². The minimum Gasteiger partial charge on any atom is -0.334 e. The molecule has 6 heteroatoms. The molecule has 3 aromatic rings. The Hall–Kier alpha value is -2.63. The van der Waals surface area contributed by atoms with Crippen LogP contribution in [-0.2, 0) is 17.8 Å². The van der Waals surface area contributed by atoms with Gasteiger partial charge in [-0.05, 0) is 43.5 Å². The molecule has 2 atom stereocenters. The third-order valence-corrected chi connectivity index (χ3v) is 6.80. The topological polar surface area (TPSA) is 50.8 Å². The van der Waals surface area contributed by atoms with Gasteiger partial charge in [-0.25, -0.2) is 5.43 Å². The van der Waals surface area contributed by atoms with E-state index in [1.807, 2.05) is 24.3 Å². The number of nitrogens with zero attached hydrogens (tertiary/aromatic N) is 2. The van der Waals surface area contributed by atoms with Gasteiger partial charge in [0.2, 0.25) is 0 Å². The Morgan fingerprint density at radius 1 is 1.33 bits per heavy atom. The van der Waals surface area contributed by atoms with Gasteiger partial charge in [0.1, 0.15) is 6.04 Å². The zero-order valence-corrected chi connectivity index (χ0v) is 17.9. The molecular formula is C24H26ClN4O+. The minimum atomic E-state index is -0.0548. The van der Waals surface area contributed by atoms with Crippen molar-refractivity contribution in [3.8, 4) is 0 Å². The van der Waals surface area contributed by atoms with Crippen LogP contribution in [0.2, 0.25) is 5.02 Å². The normalized spacial score (nSPS) is 20.5. The van der Waals surface area contributed by atoms with Gasteiger partial charge in [0.15, 0.2) is 6.54 Å². The molecule has 1 unspecified atom stereocenters. The molecule has 0 spiro atoms. The zero-order chi connectivity index (χ0) is 20.7. The van der Waals surface area contributed by atoms with E-state index in [1.165, 1.54) is 39.0 Å². The molecule has 0 saturated heterocycles. The molecule has 2 N–H and O–H groups in total. The highest BCUT2D eigenvalue weighted by atomic mass is 35.5. The second kappa shape index (κ2) is 7.89. The molecule has 1 aliphatic heterocycles. The number of aromatic nitrogens is 1. The fourth-order valence-electron chi connectivity index (χ4n) is 5.12. The number of amides is 1. The van der Waals surface area contributed by atoms with Crippen molar-refractivity contribution in [3.63, 3.8) is 0 Å². The number of fused-ring (bicyclic) bond motifs is 3. The molecule has 0 fully saturated rings. The maximum atomic E-state index is 12.6. The van der Waals surface area contributed by atoms with E-state index in [4.69, 9.17) is 11.6 Å². The van der Waals surface area contributed by atoms with Crippen LogP contribution < -0.4 is 10.3 Å². The summed E-state index contributed by atoms with van der Waals surface area (Å²) in [6, 6.07) is 14.6. The van der Waals surface area contributed by atoms with Gasteiger partial charge >= 0.3 is 0 Å². The number of hydrazone groups is 1. The second-order valence-corrected chi connectivity index (χ2v) is 8.79. The first-order chi connectivity index (χ1) is 14.6. The number of hydrogen-bond acceptors (Lipinski definition) is 2. The predicted molar refractivity (Wildman–Crippen MR) is 120 cm³/mol. The highest BCUT2D eigenvalue weighted by molar-refractivity contribution is 6.33. The van der Waals surface area contributed by atoms with Crippen molar-refractivity contribution < 1.29 is 9.69 Å². The average molecular weight is 422 g/mol. The van der Waals surface area contributed by atoms with E-state index >= 15 is 0 Å². The first kappa shape index (κ1) is 19.3. The molecule has 2 aliphatic rings. The van der Waals surface area contributed by atoms with E-state index < -0.39 is 0 Å². The maximum Gasteiger partial charge on any atom is 0.295 e. The van der Waals surface area contributed by atoms with Crippen molar-refractivity contribution in [1.82, 2.24) is 9.99 Å². The number of aryl methyl sites for hydroxylation is 2. The van der Waals surface area contributed by atoms with Crippen LogP contribution in [0, 0.1) is 6.92 Å². The van der Waals surface area contributed by atoms with Gasteiger partial charge in [-0.3, -0.25) is 4.79 Å². The molecule has 1 aromatic heterocycles. The zero-order valence-electron chi connectivity index (χ0n) is 17.1. The van der Waals surface area contributed by atoms with Crippen molar-refractivity contribution in [3.05, 3.63) is 69.9 Å². The minimum absolute atomic E-state index is 0.0548. The van der Waals surface area contributed by atoms with Gasteiger partial charge < -0.3 is 9.47 Å². The number of rotatable bonds is 4. The van der Waals surface area contributed by atoms with Crippen molar-refractivity contribution >= 4 is 34.6 Å². The lowest BCUT2D eigenvalue weighted by molar-refractivity contribution is -0.929. The first-order valence-electron chi connectivity index (χ1n) is 10.6. The van der Waals surface area contributed by atoms with Gasteiger partial charge in [0, 0.05) is 27.9 Å². The molecule has 0 radical (unpaired) electrons. The predicted octanol–water partition coefficient (Wildman–Crippen LogP) is 3.03. The van der Waals surface area contributed by atoms with E-state index in [2.05, 4.69) is 40.2 Å². The molecule has 0 bridgehead atoms. The molecule has 154 valence electrons. The van der Waals surface area contributed by atoms with E-state index in [-0.39, 0.29) is 5.91 Å². The fourth-order valence-corrected chi connectivity index (χ4v) is 5.30. The van der Waals surface area contributed by atoms with Crippen molar-refractivity contribution in [1.29, 1.82) is 0 Å². The summed E-state index contributed by atoms with van der Waals surface area (Å²) in [5.74, 6) is -0.0548. The van der Waals surface area contributed by atoms with E-state index in [0.29, 0.717) is 17.6 Å². The Morgan fingerprint density at radius 2 is 2.20 bits per heavy atom. The van der Waals surface area contributed by atoms with E-state index in [9.17, 15) is 4.79 Å². The van der Waals surface area contributed by atoms with E-state index in [1.54, 1.807) is 6.21 Å². The van der Waals surface area contributed by atoms with Crippen LogP contribution in [0.1, 0.15) is 41.3 Å². The molecule has 5 rings (SSSR count). The van der Waals surface area contributed by atoms with Gasteiger partial charge in [-0.2, -0.15) is 5.10 Å². The Kier molecular flexibility index (Phi) is 5.09. The molecule has 1 aliphatic carbocycles. The Bertz CT molecular complexity index is 1150. The van der Waals surface area contributed by atoms with Crippen LogP contribution in [-0.4, -0.2) is 29.8 Å². The number of quaternary nitrogens is 1. The third kappa shape index (κ3) is 3.42. The molecule has 2 aromatic carbocycles. The molecule has 2 heterocycles. The molecule has 1 amide bonds. The summed E-state index contributed by atoms with van der Waals surface area (Å²) in [6.45, 7) is 4.51. The van der Waals surface area contributed by atoms with E-state index in [0.717, 1.165) is 31.5 Å². The summed E-state index contributed by atoms with van der Waals surface area (Å²) in [6.07, 6.45) is 5.05. The van der Waals surface area contributed by atoms with Crippen molar-refractivity contribution in [2.45, 2.75) is 38.8 Å². The van der Waals surface area contributed by atoms with Crippen LogP contribution in [0.15, 0.2) is 47.6 Å². The summed E-state index contributed by atoms with van der Waals surface area (Å²) in [4.78, 5) is 13.9. The summed E-state index contributed by atoms with van der Waals surface area (Å²) < 4.78 is 2.50. The van der Waals surface area contributed by atoms with Crippen LogP contribution in [0.25, 0.3) is 10.9 Å². The second-order valence-electron chi connectivity index (χ2n) is 8.38. The van der Waals surface area contributed by atoms with Crippen molar-refractivity contribution in [2.75, 3.05) is 13.1 Å². The number of carbonyl (C=O) groups excluding carboxylic acids is 1. The Balaban J connectivity index is 1.33. The largest absolute Gasteiger partial charge is 0.334 e. The quantitative estimate of drug-likeness (QED) is 0.493. The lowest BCUT2D eigenvalue weighted by Crippen LogP contribution is -3.14. The third-order valence-electron chi connectivity index (χ3n) is 6.45. The lowest BCUT2D eigenvalue weighted by Gasteiger charge is -2.36. The first-order valence-corrected chi connectivity index (χ1v) is 11.0. The highest BCUT2D eigenvalue weighted by Gasteiger charge is 2.38. The summed E-state index contributed by atoms with van der Waals surface area (Å²) in [5, 5.41) is 6.14. The molecular weight excluding hydrogens is 396 g/mol. The number of carbonyl (C=O) groups is 1. The van der Waals surface area contributed by atoms with Crippen molar-refractivity contribution in [2.24, 2.45) is 5.10 Å².